The van der Waals surface area contributed by atoms with E-state index < -0.39 is 0 Å². The predicted octanol–water partition coefficient (Wildman–Crippen LogP) is 7.61. The molecule has 0 amide bonds. The van der Waals surface area contributed by atoms with Gasteiger partial charge in [-0.1, -0.05) is 59.8 Å². The van der Waals surface area contributed by atoms with Crippen LogP contribution in [0.3, 0.4) is 0 Å². The van der Waals surface area contributed by atoms with E-state index in [-0.39, 0.29) is 20.1 Å². The number of hydrogen-bond acceptors (Lipinski definition) is 3. The summed E-state index contributed by atoms with van der Waals surface area (Å²) < 4.78 is 6.02. The fraction of sp³-hybridized carbons (Fsp3) is 0.0667. The molecule has 0 aliphatic rings. The number of para-hydroxylation sites is 1. The Morgan fingerprint density at radius 2 is 1.56 bits per heavy atom. The Balaban J connectivity index is 0.000000171. The smallest absolute Gasteiger partial charge is 0.120 e. The average molecular weight is 619 g/mol. The molecule has 3 nitrogen and oxygen atoms in total. The van der Waals surface area contributed by atoms with E-state index in [2.05, 4.69) is 54.1 Å². The second-order valence-corrected chi connectivity index (χ2v) is 7.86. The molecule has 1 radical (unpaired) electrons. The van der Waals surface area contributed by atoms with Crippen LogP contribution in [0.1, 0.15) is 11.1 Å². The van der Waals surface area contributed by atoms with Gasteiger partial charge in [0, 0.05) is 37.9 Å². The number of hydrogen-bond donors (Lipinski definition) is 0. The third kappa shape index (κ3) is 4.84. The van der Waals surface area contributed by atoms with E-state index in [1.807, 2.05) is 66.7 Å². The van der Waals surface area contributed by atoms with Crippen LogP contribution in [0.2, 0.25) is 0 Å². The zero-order valence-electron chi connectivity index (χ0n) is 18.9. The molecule has 0 saturated carbocycles. The molecule has 34 heavy (non-hydrogen) atoms. The topological polar surface area (TPSA) is 38.9 Å². The van der Waals surface area contributed by atoms with Crippen molar-refractivity contribution >= 4 is 21.9 Å². The van der Waals surface area contributed by atoms with Gasteiger partial charge in [-0.3, -0.25) is 0 Å². The maximum Gasteiger partial charge on any atom is 0.120 e. The minimum absolute atomic E-state index is 0. The summed E-state index contributed by atoms with van der Waals surface area (Å²) in [5.41, 5.74) is 7.98. The molecule has 0 fully saturated rings. The molecule has 3 aromatic carbocycles. The number of rotatable bonds is 2. The summed E-state index contributed by atoms with van der Waals surface area (Å²) >= 11 is 0. The van der Waals surface area contributed by atoms with E-state index in [0.29, 0.717) is 0 Å². The standard InChI is InChI=1S/C18H12NO.C12H10N.Ir/c1-12-6-5-11-19-17(12)15-9-4-8-14-13-7-2-3-10-16(13)20-18(14)15;1-10-5-7-11(8-6-10)12-4-2-3-9-13-12;/h2-8,10-11H,1H3;2-7,9H,1H3;/q2*-1;. The Morgan fingerprint density at radius 3 is 2.32 bits per heavy atom. The van der Waals surface area contributed by atoms with Crippen molar-refractivity contribution in [2.24, 2.45) is 0 Å². The number of aromatic nitrogens is 2. The van der Waals surface area contributed by atoms with Gasteiger partial charge in [-0.25, -0.2) is 0 Å². The summed E-state index contributed by atoms with van der Waals surface area (Å²) in [6.07, 6.45) is 3.60. The van der Waals surface area contributed by atoms with Crippen LogP contribution in [0.15, 0.2) is 102 Å². The molecule has 0 N–H and O–H groups in total. The predicted molar refractivity (Wildman–Crippen MR) is 134 cm³/mol. The Labute approximate surface area is 212 Å². The Hall–Kier alpha value is -3.59. The number of benzene rings is 3. The normalized spacial score (nSPS) is 10.4. The van der Waals surface area contributed by atoms with Gasteiger partial charge < -0.3 is 14.4 Å². The van der Waals surface area contributed by atoms with Crippen LogP contribution in [0, 0.1) is 26.0 Å². The molecular formula is C30H22IrN2O-2. The summed E-state index contributed by atoms with van der Waals surface area (Å²) in [5.74, 6) is 0. The van der Waals surface area contributed by atoms with Crippen molar-refractivity contribution in [1.29, 1.82) is 0 Å². The van der Waals surface area contributed by atoms with Crippen LogP contribution in [0.4, 0.5) is 0 Å². The monoisotopic (exact) mass is 619 g/mol. The average Bonchev–Trinajstić information content (AvgIpc) is 3.25. The fourth-order valence-electron chi connectivity index (χ4n) is 3.80. The number of nitrogens with zero attached hydrogens (tertiary/aromatic N) is 2. The second kappa shape index (κ2) is 10.6. The Kier molecular flexibility index (Phi) is 7.32. The minimum Gasteiger partial charge on any atom is -0.501 e. The largest absolute Gasteiger partial charge is 0.501 e. The molecule has 6 rings (SSSR count). The van der Waals surface area contributed by atoms with Gasteiger partial charge >= 0.3 is 0 Å². The fourth-order valence-corrected chi connectivity index (χ4v) is 3.80. The van der Waals surface area contributed by atoms with Crippen molar-refractivity contribution in [3.8, 4) is 22.5 Å². The van der Waals surface area contributed by atoms with Gasteiger partial charge in [0.15, 0.2) is 0 Å². The zero-order chi connectivity index (χ0) is 22.6. The zero-order valence-corrected chi connectivity index (χ0v) is 21.3. The van der Waals surface area contributed by atoms with E-state index in [4.69, 9.17) is 4.42 Å². The Morgan fingerprint density at radius 1 is 0.735 bits per heavy atom. The summed E-state index contributed by atoms with van der Waals surface area (Å²) in [6, 6.07) is 34.5. The summed E-state index contributed by atoms with van der Waals surface area (Å²) in [4.78, 5) is 8.72. The quantitative estimate of drug-likeness (QED) is 0.188. The van der Waals surface area contributed by atoms with Crippen LogP contribution in [-0.2, 0) is 20.1 Å². The first-order valence-electron chi connectivity index (χ1n) is 10.8. The third-order valence-electron chi connectivity index (χ3n) is 5.49. The minimum atomic E-state index is 0. The van der Waals surface area contributed by atoms with Gasteiger partial charge in [0.2, 0.25) is 0 Å². The van der Waals surface area contributed by atoms with Crippen molar-refractivity contribution in [2.75, 3.05) is 0 Å². The molecule has 0 atom stereocenters. The van der Waals surface area contributed by atoms with Crippen molar-refractivity contribution in [3.63, 3.8) is 0 Å². The Bertz CT molecular complexity index is 1520. The van der Waals surface area contributed by atoms with Gasteiger partial charge in [-0.15, -0.1) is 53.6 Å². The summed E-state index contributed by atoms with van der Waals surface area (Å²) in [5, 5.41) is 2.24. The third-order valence-corrected chi connectivity index (χ3v) is 5.49. The van der Waals surface area contributed by atoms with Gasteiger partial charge in [0.05, 0.1) is 5.58 Å². The van der Waals surface area contributed by atoms with Crippen LogP contribution in [0.5, 0.6) is 0 Å². The number of pyridine rings is 2. The maximum absolute atomic E-state index is 6.02. The molecule has 169 valence electrons. The number of aryl methyl sites for hydroxylation is 2. The van der Waals surface area contributed by atoms with E-state index in [1.165, 1.54) is 5.56 Å². The van der Waals surface area contributed by atoms with Crippen LogP contribution in [0.25, 0.3) is 44.5 Å². The first-order valence-corrected chi connectivity index (χ1v) is 10.8. The number of fused-ring (bicyclic) bond motifs is 3. The summed E-state index contributed by atoms with van der Waals surface area (Å²) in [6.45, 7) is 4.11. The van der Waals surface area contributed by atoms with E-state index in [1.54, 1.807) is 12.4 Å². The van der Waals surface area contributed by atoms with Crippen molar-refractivity contribution in [2.45, 2.75) is 13.8 Å². The SMILES string of the molecule is Cc1c[c-]c(-c2ccccn2)cc1.Cc1cccnc1-c1[c-]ccc2c1oc1ccccc12.[Ir]. The molecule has 0 saturated heterocycles. The molecule has 6 aromatic rings. The van der Waals surface area contributed by atoms with Crippen LogP contribution >= 0.6 is 0 Å². The van der Waals surface area contributed by atoms with E-state index in [9.17, 15) is 0 Å². The molecule has 0 bridgehead atoms. The molecule has 0 aliphatic heterocycles. The van der Waals surface area contributed by atoms with Crippen LogP contribution < -0.4 is 0 Å². The van der Waals surface area contributed by atoms with E-state index >= 15 is 0 Å². The molecular weight excluding hydrogens is 597 g/mol. The van der Waals surface area contributed by atoms with Crippen LogP contribution in [-0.4, -0.2) is 9.97 Å². The van der Waals surface area contributed by atoms with Crippen molar-refractivity contribution < 1.29 is 24.5 Å². The van der Waals surface area contributed by atoms with E-state index in [0.717, 1.165) is 50.0 Å². The van der Waals surface area contributed by atoms with Crippen molar-refractivity contribution in [3.05, 3.63) is 121 Å². The van der Waals surface area contributed by atoms with Gasteiger partial charge in [-0.05, 0) is 36.5 Å². The molecule has 3 aromatic heterocycles. The molecule has 0 aliphatic carbocycles. The van der Waals surface area contributed by atoms with Gasteiger partial charge in [-0.2, -0.15) is 0 Å². The molecule has 3 heterocycles. The number of furan rings is 1. The molecule has 0 unspecified atom stereocenters. The first kappa shape index (κ1) is 23.6. The second-order valence-electron chi connectivity index (χ2n) is 7.86. The van der Waals surface area contributed by atoms with Gasteiger partial charge in [0.1, 0.15) is 5.58 Å². The summed E-state index contributed by atoms with van der Waals surface area (Å²) in [7, 11) is 0. The van der Waals surface area contributed by atoms with Gasteiger partial charge in [0.25, 0.3) is 0 Å². The molecule has 0 spiro atoms. The van der Waals surface area contributed by atoms with Crippen molar-refractivity contribution in [1.82, 2.24) is 9.97 Å². The first-order chi connectivity index (χ1) is 16.2. The maximum atomic E-state index is 6.02. The molecule has 4 heteroatoms.